The molecule has 6 nitrogen and oxygen atoms in total. The van der Waals surface area contributed by atoms with Gasteiger partial charge in [-0.15, -0.1) is 0 Å². The standard InChI is InChI=1S/C7H7NO2.BH3O3/c1-6-4-2-3-5-7(6)8(9)10;2-1(3)4/h2-5H,1H3;2-4H. The topological polar surface area (TPSA) is 104 Å². The number of aryl methyl sites for hydroxylation is 1. The molecule has 1 rings (SSSR count). The van der Waals surface area contributed by atoms with E-state index in [0.717, 1.165) is 0 Å². The molecule has 0 amide bonds. The summed E-state index contributed by atoms with van der Waals surface area (Å²) in [5, 5.41) is 31.7. The normalized spacial score (nSPS) is 8.57. The van der Waals surface area contributed by atoms with Crippen LogP contribution >= 0.6 is 0 Å². The molecule has 0 aliphatic carbocycles. The van der Waals surface area contributed by atoms with Gasteiger partial charge in [0.15, 0.2) is 0 Å². The third-order valence-corrected chi connectivity index (χ3v) is 1.31. The fourth-order valence-corrected chi connectivity index (χ4v) is 0.768. The van der Waals surface area contributed by atoms with Gasteiger partial charge in [-0.25, -0.2) is 0 Å². The van der Waals surface area contributed by atoms with Gasteiger partial charge in [-0.1, -0.05) is 18.2 Å². The van der Waals surface area contributed by atoms with Crippen molar-refractivity contribution in [3.63, 3.8) is 0 Å². The number of hydrogen-bond donors (Lipinski definition) is 3. The van der Waals surface area contributed by atoms with Crippen LogP contribution in [0.15, 0.2) is 24.3 Å². The number of hydrogen-bond acceptors (Lipinski definition) is 5. The third-order valence-electron chi connectivity index (χ3n) is 1.31. The zero-order chi connectivity index (χ0) is 11.1. The Bertz CT molecular complexity index is 301. The summed E-state index contributed by atoms with van der Waals surface area (Å²) in [6, 6.07) is 6.65. The second-order valence-corrected chi connectivity index (χ2v) is 2.39. The molecule has 0 bridgehead atoms. The first-order valence-electron chi connectivity index (χ1n) is 3.69. The van der Waals surface area contributed by atoms with Gasteiger partial charge in [0.2, 0.25) is 0 Å². The van der Waals surface area contributed by atoms with Crippen LogP contribution in [-0.2, 0) is 0 Å². The summed E-state index contributed by atoms with van der Waals surface area (Å²) >= 11 is 0. The van der Waals surface area contributed by atoms with Crippen LogP contribution < -0.4 is 0 Å². The van der Waals surface area contributed by atoms with E-state index in [2.05, 4.69) is 0 Å². The Hall–Kier alpha value is -1.44. The summed E-state index contributed by atoms with van der Waals surface area (Å²) in [5.41, 5.74) is 0.884. The Labute approximate surface area is 80.8 Å². The molecule has 0 aliphatic heterocycles. The van der Waals surface area contributed by atoms with Crippen molar-refractivity contribution in [1.29, 1.82) is 0 Å². The van der Waals surface area contributed by atoms with E-state index in [1.54, 1.807) is 25.1 Å². The molecule has 76 valence electrons. The molecule has 0 spiro atoms. The van der Waals surface area contributed by atoms with E-state index in [0.29, 0.717) is 5.56 Å². The van der Waals surface area contributed by atoms with Crippen molar-refractivity contribution in [3.05, 3.63) is 39.9 Å². The quantitative estimate of drug-likeness (QED) is 0.331. The Kier molecular flexibility index (Phi) is 5.46. The first-order valence-corrected chi connectivity index (χ1v) is 3.69. The van der Waals surface area contributed by atoms with Crippen LogP contribution in [0.1, 0.15) is 5.56 Å². The highest BCUT2D eigenvalue weighted by molar-refractivity contribution is 6.30. The highest BCUT2D eigenvalue weighted by Gasteiger charge is 2.05. The molecule has 7 heteroatoms. The number of nitro groups is 1. The van der Waals surface area contributed by atoms with E-state index >= 15 is 0 Å². The minimum atomic E-state index is -2.17. The average Bonchev–Trinajstić information content (AvgIpc) is 2.03. The van der Waals surface area contributed by atoms with Crippen molar-refractivity contribution in [2.24, 2.45) is 0 Å². The van der Waals surface area contributed by atoms with Crippen LogP contribution in [0.2, 0.25) is 0 Å². The zero-order valence-electron chi connectivity index (χ0n) is 7.49. The van der Waals surface area contributed by atoms with Gasteiger partial charge in [0.1, 0.15) is 0 Å². The van der Waals surface area contributed by atoms with Gasteiger partial charge >= 0.3 is 7.32 Å². The van der Waals surface area contributed by atoms with Gasteiger partial charge in [-0.3, -0.25) is 10.1 Å². The van der Waals surface area contributed by atoms with Crippen LogP contribution in [0.4, 0.5) is 5.69 Å². The van der Waals surface area contributed by atoms with Gasteiger partial charge in [0.05, 0.1) is 4.92 Å². The lowest BCUT2D eigenvalue weighted by atomic mass is 10.2. The Morgan fingerprint density at radius 1 is 1.29 bits per heavy atom. The van der Waals surface area contributed by atoms with Crippen LogP contribution in [0, 0.1) is 17.0 Å². The number of para-hydroxylation sites is 1. The van der Waals surface area contributed by atoms with Gasteiger partial charge in [-0.2, -0.15) is 0 Å². The SMILES string of the molecule is Cc1ccccc1[N+](=O)[O-].OB(O)O. The molecule has 0 fully saturated rings. The van der Waals surface area contributed by atoms with E-state index in [4.69, 9.17) is 15.1 Å². The largest absolute Gasteiger partial charge is 0.631 e. The number of benzene rings is 1. The van der Waals surface area contributed by atoms with Crippen LogP contribution in [-0.4, -0.2) is 27.3 Å². The van der Waals surface area contributed by atoms with Crippen molar-refractivity contribution in [1.82, 2.24) is 0 Å². The van der Waals surface area contributed by atoms with Crippen molar-refractivity contribution >= 4 is 13.0 Å². The molecular formula is C7H10BNO5. The number of rotatable bonds is 1. The molecule has 0 atom stereocenters. The third kappa shape index (κ3) is 5.25. The first-order chi connectivity index (χ1) is 6.45. The summed E-state index contributed by atoms with van der Waals surface area (Å²) in [5.74, 6) is 0. The van der Waals surface area contributed by atoms with Gasteiger partial charge in [0, 0.05) is 11.6 Å². The lowest BCUT2D eigenvalue weighted by Crippen LogP contribution is -2.07. The maximum atomic E-state index is 10.2. The smallest absolute Gasteiger partial charge is 0.402 e. The lowest BCUT2D eigenvalue weighted by Gasteiger charge is -1.92. The summed E-state index contributed by atoms with van der Waals surface area (Å²) in [4.78, 5) is 9.85. The Morgan fingerprint density at radius 2 is 1.71 bits per heavy atom. The molecule has 0 saturated carbocycles. The molecule has 14 heavy (non-hydrogen) atoms. The highest BCUT2D eigenvalue weighted by atomic mass is 16.6. The first kappa shape index (κ1) is 12.6. The van der Waals surface area contributed by atoms with Gasteiger partial charge in [-0.05, 0) is 6.92 Å². The van der Waals surface area contributed by atoms with Crippen LogP contribution in [0.25, 0.3) is 0 Å². The van der Waals surface area contributed by atoms with Crippen molar-refractivity contribution in [2.45, 2.75) is 6.92 Å². The maximum Gasteiger partial charge on any atom is 0.631 e. The summed E-state index contributed by atoms with van der Waals surface area (Å²) in [6.45, 7) is 1.72. The van der Waals surface area contributed by atoms with Crippen LogP contribution in [0.3, 0.4) is 0 Å². The van der Waals surface area contributed by atoms with Crippen molar-refractivity contribution in [3.8, 4) is 0 Å². The molecule has 0 aromatic heterocycles. The number of nitro benzene ring substituents is 1. The van der Waals surface area contributed by atoms with E-state index < -0.39 is 7.32 Å². The fourth-order valence-electron chi connectivity index (χ4n) is 0.768. The van der Waals surface area contributed by atoms with E-state index in [1.165, 1.54) is 6.07 Å². The molecule has 0 saturated heterocycles. The van der Waals surface area contributed by atoms with Crippen molar-refractivity contribution < 1.29 is 20.0 Å². The molecule has 0 heterocycles. The van der Waals surface area contributed by atoms with Crippen LogP contribution in [0.5, 0.6) is 0 Å². The maximum absolute atomic E-state index is 10.2. The predicted molar refractivity (Wildman–Crippen MR) is 50.2 cm³/mol. The Morgan fingerprint density at radius 3 is 2.00 bits per heavy atom. The van der Waals surface area contributed by atoms with E-state index in [9.17, 15) is 10.1 Å². The summed E-state index contributed by atoms with van der Waals surface area (Å²) < 4.78 is 0. The van der Waals surface area contributed by atoms with E-state index in [-0.39, 0.29) is 10.6 Å². The van der Waals surface area contributed by atoms with Crippen molar-refractivity contribution in [2.75, 3.05) is 0 Å². The molecular weight excluding hydrogens is 189 g/mol. The molecule has 1 aromatic carbocycles. The second kappa shape index (κ2) is 6.08. The molecule has 1 aromatic rings. The monoisotopic (exact) mass is 199 g/mol. The molecule has 0 radical (unpaired) electrons. The number of nitrogens with zero attached hydrogens (tertiary/aromatic N) is 1. The molecule has 3 N–H and O–H groups in total. The Balaban J connectivity index is 0.000000364. The van der Waals surface area contributed by atoms with E-state index in [1.807, 2.05) is 0 Å². The van der Waals surface area contributed by atoms with Gasteiger partial charge < -0.3 is 15.1 Å². The fraction of sp³-hybridized carbons (Fsp3) is 0.143. The zero-order valence-corrected chi connectivity index (χ0v) is 7.49. The summed E-state index contributed by atoms with van der Waals surface area (Å²) in [6.07, 6.45) is 0. The lowest BCUT2D eigenvalue weighted by molar-refractivity contribution is -0.385. The molecule has 0 unspecified atom stereocenters. The highest BCUT2D eigenvalue weighted by Crippen LogP contribution is 2.14. The minimum Gasteiger partial charge on any atom is -0.402 e. The molecule has 0 aliphatic rings. The predicted octanol–water partition coefficient (Wildman–Crippen LogP) is -0.149. The minimum absolute atomic E-state index is 0.183. The summed E-state index contributed by atoms with van der Waals surface area (Å²) in [7, 11) is -2.17. The second-order valence-electron chi connectivity index (χ2n) is 2.39. The average molecular weight is 199 g/mol. The van der Waals surface area contributed by atoms with Gasteiger partial charge in [0.25, 0.3) is 5.69 Å².